The van der Waals surface area contributed by atoms with Gasteiger partial charge in [-0.2, -0.15) is 0 Å². The molecule has 0 saturated heterocycles. The third-order valence-electron chi connectivity index (χ3n) is 3.37. The summed E-state index contributed by atoms with van der Waals surface area (Å²) in [4.78, 5) is 12.0. The molecule has 0 aliphatic carbocycles. The molecule has 0 saturated carbocycles. The summed E-state index contributed by atoms with van der Waals surface area (Å²) in [6.45, 7) is 0.529. The second-order valence-electron chi connectivity index (χ2n) is 4.80. The van der Waals surface area contributed by atoms with E-state index in [2.05, 4.69) is 21.2 Å². The molecule has 0 bridgehead atoms. The molecule has 0 spiro atoms. The second kappa shape index (κ2) is 6.23. The highest BCUT2D eigenvalue weighted by atomic mass is 79.9. The first-order chi connectivity index (χ1) is 10.7. The molecular formula is C17H14BrNO3. The smallest absolute Gasteiger partial charge is 0.359 e. The van der Waals surface area contributed by atoms with E-state index in [1.54, 1.807) is 25.3 Å². The molecule has 22 heavy (non-hydrogen) atoms. The first-order valence-electron chi connectivity index (χ1n) is 6.76. The summed E-state index contributed by atoms with van der Waals surface area (Å²) < 4.78 is 11.5. The number of anilines is 1. The predicted molar refractivity (Wildman–Crippen MR) is 90.5 cm³/mol. The van der Waals surface area contributed by atoms with Crippen LogP contribution in [0.3, 0.4) is 0 Å². The van der Waals surface area contributed by atoms with Gasteiger partial charge in [-0.3, -0.25) is 0 Å². The number of hydrogen-bond acceptors (Lipinski definition) is 4. The lowest BCUT2D eigenvalue weighted by Gasteiger charge is -2.08. The number of nitrogens with one attached hydrogen (secondary N) is 1. The lowest BCUT2D eigenvalue weighted by atomic mass is 10.2. The topological polar surface area (TPSA) is 51.5 Å². The van der Waals surface area contributed by atoms with E-state index in [-0.39, 0.29) is 5.63 Å². The summed E-state index contributed by atoms with van der Waals surface area (Å²) in [6, 6.07) is 15.0. The fraction of sp³-hybridized carbons (Fsp3) is 0.118. The standard InChI is InChI=1S/C17H14BrNO3/c1-21-13-6-7-16-12(8-13)9-15(17(20)22-16)19-10-11-4-2-3-5-14(11)18/h2-9,19H,10H2,1H3. The Morgan fingerprint density at radius 2 is 2.00 bits per heavy atom. The average molecular weight is 360 g/mol. The first kappa shape index (κ1) is 14.7. The van der Waals surface area contributed by atoms with Crippen molar-refractivity contribution in [1.29, 1.82) is 0 Å². The van der Waals surface area contributed by atoms with E-state index in [0.29, 0.717) is 17.8 Å². The van der Waals surface area contributed by atoms with Gasteiger partial charge in [0.1, 0.15) is 17.0 Å². The molecule has 0 unspecified atom stereocenters. The molecular weight excluding hydrogens is 346 g/mol. The van der Waals surface area contributed by atoms with Crippen LogP contribution in [0.15, 0.2) is 62.2 Å². The van der Waals surface area contributed by atoms with Gasteiger partial charge in [-0.1, -0.05) is 34.1 Å². The van der Waals surface area contributed by atoms with Gasteiger partial charge < -0.3 is 14.5 Å². The predicted octanol–water partition coefficient (Wildman–Crippen LogP) is 4.18. The van der Waals surface area contributed by atoms with E-state index in [4.69, 9.17) is 9.15 Å². The van der Waals surface area contributed by atoms with Crippen molar-refractivity contribution in [2.45, 2.75) is 6.54 Å². The lowest BCUT2D eigenvalue weighted by molar-refractivity contribution is 0.415. The molecule has 4 nitrogen and oxygen atoms in total. The third kappa shape index (κ3) is 2.99. The Morgan fingerprint density at radius 1 is 1.18 bits per heavy atom. The van der Waals surface area contributed by atoms with E-state index in [1.807, 2.05) is 30.3 Å². The molecule has 0 amide bonds. The number of halogens is 1. The maximum atomic E-state index is 12.0. The van der Waals surface area contributed by atoms with Crippen LogP contribution in [0.2, 0.25) is 0 Å². The van der Waals surface area contributed by atoms with Gasteiger partial charge in [0.25, 0.3) is 0 Å². The van der Waals surface area contributed by atoms with Crippen molar-refractivity contribution in [2.24, 2.45) is 0 Å². The van der Waals surface area contributed by atoms with Gasteiger partial charge >= 0.3 is 5.63 Å². The molecule has 1 aromatic heterocycles. The molecule has 2 aromatic carbocycles. The molecule has 5 heteroatoms. The number of methoxy groups -OCH3 is 1. The summed E-state index contributed by atoms with van der Waals surface area (Å²) in [6.07, 6.45) is 0. The Labute approximate surface area is 135 Å². The molecule has 3 aromatic rings. The maximum Gasteiger partial charge on any atom is 0.359 e. The maximum absolute atomic E-state index is 12.0. The van der Waals surface area contributed by atoms with E-state index in [0.717, 1.165) is 21.2 Å². The molecule has 3 rings (SSSR count). The van der Waals surface area contributed by atoms with Crippen molar-refractivity contribution >= 4 is 32.6 Å². The third-order valence-corrected chi connectivity index (χ3v) is 4.14. The Morgan fingerprint density at radius 3 is 2.77 bits per heavy atom. The van der Waals surface area contributed by atoms with Crippen molar-refractivity contribution in [1.82, 2.24) is 0 Å². The number of benzene rings is 2. The van der Waals surface area contributed by atoms with Crippen LogP contribution in [0.5, 0.6) is 5.75 Å². The zero-order chi connectivity index (χ0) is 15.5. The van der Waals surface area contributed by atoms with E-state index in [1.165, 1.54) is 0 Å². The largest absolute Gasteiger partial charge is 0.497 e. The molecule has 0 fully saturated rings. The fourth-order valence-corrected chi connectivity index (χ4v) is 2.61. The second-order valence-corrected chi connectivity index (χ2v) is 5.65. The van der Waals surface area contributed by atoms with Gasteiger partial charge in [-0.05, 0) is 35.9 Å². The van der Waals surface area contributed by atoms with Crippen LogP contribution in [0.4, 0.5) is 5.69 Å². The molecule has 0 radical (unpaired) electrons. The molecule has 1 N–H and O–H groups in total. The lowest BCUT2D eigenvalue weighted by Crippen LogP contribution is -2.10. The Balaban J connectivity index is 1.91. The Kier molecular flexibility index (Phi) is 4.15. The SMILES string of the molecule is COc1ccc2oc(=O)c(NCc3ccccc3Br)cc2c1. The molecule has 0 atom stereocenters. The van der Waals surface area contributed by atoms with Gasteiger partial charge in [-0.15, -0.1) is 0 Å². The summed E-state index contributed by atoms with van der Waals surface area (Å²) in [7, 11) is 1.60. The van der Waals surface area contributed by atoms with Crippen molar-refractivity contribution in [2.75, 3.05) is 12.4 Å². The molecule has 0 aliphatic rings. The van der Waals surface area contributed by atoms with Crippen molar-refractivity contribution in [3.8, 4) is 5.75 Å². The van der Waals surface area contributed by atoms with E-state index in [9.17, 15) is 4.79 Å². The summed E-state index contributed by atoms with van der Waals surface area (Å²) in [5.74, 6) is 0.720. The van der Waals surface area contributed by atoms with Gasteiger partial charge in [0.15, 0.2) is 0 Å². The van der Waals surface area contributed by atoms with Crippen LogP contribution in [-0.2, 0) is 6.54 Å². The van der Waals surface area contributed by atoms with Crippen LogP contribution < -0.4 is 15.7 Å². The highest BCUT2D eigenvalue weighted by Crippen LogP contribution is 2.22. The van der Waals surface area contributed by atoms with Crippen LogP contribution in [0, 0.1) is 0 Å². The minimum absolute atomic E-state index is 0.385. The van der Waals surface area contributed by atoms with Crippen LogP contribution >= 0.6 is 15.9 Å². The van der Waals surface area contributed by atoms with Crippen molar-refractivity contribution in [3.05, 3.63) is 69.0 Å². The van der Waals surface area contributed by atoms with Crippen molar-refractivity contribution in [3.63, 3.8) is 0 Å². The minimum atomic E-state index is -0.385. The zero-order valence-electron chi connectivity index (χ0n) is 11.9. The van der Waals surface area contributed by atoms with Crippen molar-refractivity contribution < 1.29 is 9.15 Å². The highest BCUT2D eigenvalue weighted by molar-refractivity contribution is 9.10. The molecule has 1 heterocycles. The van der Waals surface area contributed by atoms with E-state index < -0.39 is 0 Å². The van der Waals surface area contributed by atoms with Gasteiger partial charge in [0.05, 0.1) is 7.11 Å². The number of hydrogen-bond donors (Lipinski definition) is 1. The highest BCUT2D eigenvalue weighted by Gasteiger charge is 2.07. The number of rotatable bonds is 4. The summed E-state index contributed by atoms with van der Waals surface area (Å²) in [5.41, 5.74) is 1.64. The minimum Gasteiger partial charge on any atom is -0.497 e. The Bertz CT molecular complexity index is 873. The molecule has 0 aliphatic heterocycles. The van der Waals surface area contributed by atoms with Gasteiger partial charge in [0.2, 0.25) is 0 Å². The summed E-state index contributed by atoms with van der Waals surface area (Å²) >= 11 is 3.49. The number of fused-ring (bicyclic) bond motifs is 1. The zero-order valence-corrected chi connectivity index (χ0v) is 13.5. The van der Waals surface area contributed by atoms with Crippen LogP contribution in [0.25, 0.3) is 11.0 Å². The quantitative estimate of drug-likeness (QED) is 0.710. The van der Waals surface area contributed by atoms with Gasteiger partial charge in [0, 0.05) is 16.4 Å². The van der Waals surface area contributed by atoms with E-state index >= 15 is 0 Å². The summed E-state index contributed by atoms with van der Waals surface area (Å²) in [5, 5.41) is 3.94. The average Bonchev–Trinajstić information content (AvgIpc) is 2.54. The fourth-order valence-electron chi connectivity index (χ4n) is 2.18. The van der Waals surface area contributed by atoms with Gasteiger partial charge in [-0.25, -0.2) is 4.79 Å². The van der Waals surface area contributed by atoms with Crippen LogP contribution in [0.1, 0.15) is 5.56 Å². The normalized spacial score (nSPS) is 10.6. The van der Waals surface area contributed by atoms with Crippen LogP contribution in [-0.4, -0.2) is 7.11 Å². The monoisotopic (exact) mass is 359 g/mol. The Hall–Kier alpha value is -2.27. The first-order valence-corrected chi connectivity index (χ1v) is 7.56. The number of ether oxygens (including phenoxy) is 1. The molecule has 112 valence electrons.